The molecule has 3 aromatic carbocycles. The first-order valence-corrected chi connectivity index (χ1v) is 12.7. The first-order valence-electron chi connectivity index (χ1n) is 11.3. The number of nitrogens with two attached hydrogens (primary N) is 1. The van der Waals surface area contributed by atoms with Gasteiger partial charge < -0.3 is 15.2 Å². The standard InChI is InChI=1S/C27H22FN3O4S/c1-2-34-23-14-8-5-11-19(23)24-20(15-29)27(30)35-25-18-10-4-7-13-22(18)31(36(32,33)26(24)25)16-17-9-3-6-12-21(17)28/h3-14,24H,2,16,30H2,1H3/t24-/m1/s1. The number of hydrogen-bond donors (Lipinski definition) is 1. The molecule has 2 heterocycles. The maximum absolute atomic E-state index is 14.6. The lowest BCUT2D eigenvalue weighted by Crippen LogP contribution is -2.39. The third-order valence-electron chi connectivity index (χ3n) is 6.16. The van der Waals surface area contributed by atoms with Gasteiger partial charge in [0.1, 0.15) is 28.1 Å². The minimum Gasteiger partial charge on any atom is -0.494 e. The lowest BCUT2D eigenvalue weighted by Gasteiger charge is -2.38. The van der Waals surface area contributed by atoms with Gasteiger partial charge in [0.2, 0.25) is 5.88 Å². The topological polar surface area (TPSA) is 106 Å². The molecule has 2 N–H and O–H groups in total. The number of sulfonamides is 1. The van der Waals surface area contributed by atoms with E-state index in [-0.39, 0.29) is 34.2 Å². The van der Waals surface area contributed by atoms with Gasteiger partial charge in [-0.3, -0.25) is 4.31 Å². The number of anilines is 1. The Morgan fingerprint density at radius 2 is 1.78 bits per heavy atom. The van der Waals surface area contributed by atoms with Gasteiger partial charge in [-0.25, -0.2) is 12.8 Å². The summed E-state index contributed by atoms with van der Waals surface area (Å²) in [5, 5.41) is 10.0. The fourth-order valence-electron chi connectivity index (χ4n) is 4.58. The van der Waals surface area contributed by atoms with Crippen molar-refractivity contribution < 1.29 is 22.3 Å². The van der Waals surface area contributed by atoms with E-state index in [4.69, 9.17) is 15.2 Å². The van der Waals surface area contributed by atoms with Crippen molar-refractivity contribution in [1.29, 1.82) is 5.26 Å². The van der Waals surface area contributed by atoms with Crippen LogP contribution in [0.4, 0.5) is 10.1 Å². The summed E-state index contributed by atoms with van der Waals surface area (Å²) in [4.78, 5) is -0.143. The van der Waals surface area contributed by atoms with E-state index < -0.39 is 21.8 Å². The Hall–Kier alpha value is -4.29. The quantitative estimate of drug-likeness (QED) is 0.539. The molecule has 2 aliphatic rings. The lowest BCUT2D eigenvalue weighted by atomic mass is 9.87. The summed E-state index contributed by atoms with van der Waals surface area (Å²) in [6.45, 7) is 1.90. The van der Waals surface area contributed by atoms with Gasteiger partial charge in [-0.2, -0.15) is 5.26 Å². The summed E-state index contributed by atoms with van der Waals surface area (Å²) < 4.78 is 56.0. The second kappa shape index (κ2) is 9.06. The van der Waals surface area contributed by atoms with Gasteiger partial charge in [-0.15, -0.1) is 0 Å². The van der Waals surface area contributed by atoms with Crippen molar-refractivity contribution in [2.75, 3.05) is 10.9 Å². The normalized spacial score (nSPS) is 18.1. The molecule has 0 unspecified atom stereocenters. The van der Waals surface area contributed by atoms with Gasteiger partial charge in [0.25, 0.3) is 10.0 Å². The Balaban J connectivity index is 1.78. The van der Waals surface area contributed by atoms with Gasteiger partial charge in [0, 0.05) is 16.7 Å². The lowest BCUT2D eigenvalue weighted by molar-refractivity contribution is 0.333. The Kier molecular flexibility index (Phi) is 5.90. The van der Waals surface area contributed by atoms with Crippen LogP contribution in [0.5, 0.6) is 5.75 Å². The van der Waals surface area contributed by atoms with Crippen LogP contribution in [0.3, 0.4) is 0 Å². The van der Waals surface area contributed by atoms with Crippen LogP contribution in [-0.2, 0) is 21.3 Å². The molecule has 9 heteroatoms. The fourth-order valence-corrected chi connectivity index (χ4v) is 6.47. The monoisotopic (exact) mass is 503 g/mol. The number of para-hydroxylation sites is 2. The van der Waals surface area contributed by atoms with E-state index in [9.17, 15) is 18.1 Å². The van der Waals surface area contributed by atoms with E-state index in [1.165, 1.54) is 12.1 Å². The van der Waals surface area contributed by atoms with Crippen molar-refractivity contribution in [3.05, 3.63) is 112 Å². The molecular weight excluding hydrogens is 481 g/mol. The number of rotatable bonds is 5. The van der Waals surface area contributed by atoms with Crippen LogP contribution in [-0.4, -0.2) is 15.0 Å². The van der Waals surface area contributed by atoms with Crippen LogP contribution >= 0.6 is 0 Å². The molecule has 0 aromatic heterocycles. The SMILES string of the molecule is CCOc1ccccc1[C@@H]1C(C#N)=C(N)OC2=C1S(=O)(=O)N(Cc1ccccc1F)c1ccccc12. The van der Waals surface area contributed by atoms with E-state index in [1.807, 2.05) is 13.0 Å². The molecule has 3 aromatic rings. The van der Waals surface area contributed by atoms with Gasteiger partial charge in [0.05, 0.1) is 24.8 Å². The third kappa shape index (κ3) is 3.67. The van der Waals surface area contributed by atoms with Crippen molar-refractivity contribution in [2.24, 2.45) is 5.73 Å². The molecule has 0 amide bonds. The molecule has 182 valence electrons. The predicted octanol–water partition coefficient (Wildman–Crippen LogP) is 4.75. The van der Waals surface area contributed by atoms with Crippen LogP contribution in [0.25, 0.3) is 5.76 Å². The zero-order valence-electron chi connectivity index (χ0n) is 19.3. The average Bonchev–Trinajstić information content (AvgIpc) is 2.87. The predicted molar refractivity (Wildman–Crippen MR) is 133 cm³/mol. The average molecular weight is 504 g/mol. The van der Waals surface area contributed by atoms with Crippen LogP contribution in [0.2, 0.25) is 0 Å². The molecule has 0 bridgehead atoms. The number of fused-ring (bicyclic) bond motifs is 2. The summed E-state index contributed by atoms with van der Waals surface area (Å²) in [7, 11) is -4.32. The smallest absolute Gasteiger partial charge is 0.265 e. The number of hydrogen-bond acceptors (Lipinski definition) is 6. The van der Waals surface area contributed by atoms with Gasteiger partial charge >= 0.3 is 0 Å². The molecule has 5 rings (SSSR count). The number of nitrogens with zero attached hydrogens (tertiary/aromatic N) is 2. The zero-order chi connectivity index (χ0) is 25.4. The Bertz CT molecular complexity index is 1570. The highest BCUT2D eigenvalue weighted by atomic mass is 32.2. The number of halogens is 1. The van der Waals surface area contributed by atoms with Crippen molar-refractivity contribution in [3.63, 3.8) is 0 Å². The fraction of sp³-hybridized carbons (Fsp3) is 0.148. The van der Waals surface area contributed by atoms with E-state index in [0.717, 1.165) is 4.31 Å². The van der Waals surface area contributed by atoms with Gasteiger partial charge in [-0.05, 0) is 31.2 Å². The number of benzene rings is 3. The highest BCUT2D eigenvalue weighted by Gasteiger charge is 2.48. The second-order valence-electron chi connectivity index (χ2n) is 8.21. The largest absolute Gasteiger partial charge is 0.494 e. The van der Waals surface area contributed by atoms with Crippen LogP contribution in [0, 0.1) is 17.1 Å². The Labute approximate surface area is 208 Å². The highest BCUT2D eigenvalue weighted by molar-refractivity contribution is 7.96. The molecule has 0 spiro atoms. The molecule has 1 atom stereocenters. The summed E-state index contributed by atoms with van der Waals surface area (Å²) >= 11 is 0. The maximum atomic E-state index is 14.6. The number of ether oxygens (including phenoxy) is 2. The molecular formula is C27H22FN3O4S. The van der Waals surface area contributed by atoms with E-state index in [0.29, 0.717) is 29.2 Å². The Morgan fingerprint density at radius 1 is 1.08 bits per heavy atom. The maximum Gasteiger partial charge on any atom is 0.265 e. The van der Waals surface area contributed by atoms with Crippen molar-refractivity contribution in [1.82, 2.24) is 0 Å². The summed E-state index contributed by atoms with van der Waals surface area (Å²) in [6.07, 6.45) is 0. The molecule has 7 nitrogen and oxygen atoms in total. The van der Waals surface area contributed by atoms with Gasteiger partial charge in [-0.1, -0.05) is 48.5 Å². The van der Waals surface area contributed by atoms with Gasteiger partial charge in [0.15, 0.2) is 5.76 Å². The zero-order valence-corrected chi connectivity index (χ0v) is 20.1. The number of nitriles is 1. The first-order chi connectivity index (χ1) is 17.4. The van der Waals surface area contributed by atoms with E-state index in [2.05, 4.69) is 0 Å². The number of allylic oxidation sites excluding steroid dienone is 2. The van der Waals surface area contributed by atoms with E-state index in [1.54, 1.807) is 60.7 Å². The van der Waals surface area contributed by atoms with Crippen LogP contribution < -0.4 is 14.8 Å². The molecule has 0 radical (unpaired) electrons. The van der Waals surface area contributed by atoms with Crippen molar-refractivity contribution in [3.8, 4) is 11.8 Å². The second-order valence-corrected chi connectivity index (χ2v) is 10.0. The minimum atomic E-state index is -4.32. The summed E-state index contributed by atoms with van der Waals surface area (Å²) in [5.41, 5.74) is 7.59. The molecule has 0 aliphatic carbocycles. The molecule has 0 saturated carbocycles. The van der Waals surface area contributed by atoms with Crippen LogP contribution in [0.15, 0.2) is 89.2 Å². The Morgan fingerprint density at radius 3 is 2.53 bits per heavy atom. The summed E-state index contributed by atoms with van der Waals surface area (Å²) in [6, 6.07) is 21.7. The van der Waals surface area contributed by atoms with Crippen molar-refractivity contribution in [2.45, 2.75) is 19.4 Å². The van der Waals surface area contributed by atoms with Crippen molar-refractivity contribution >= 4 is 21.5 Å². The summed E-state index contributed by atoms with van der Waals surface area (Å²) in [5.74, 6) is -1.31. The highest BCUT2D eigenvalue weighted by Crippen LogP contribution is 2.52. The first kappa shape index (κ1) is 23.5. The van der Waals surface area contributed by atoms with Crippen LogP contribution in [0.1, 0.15) is 29.5 Å². The minimum absolute atomic E-state index is 0.0446. The van der Waals surface area contributed by atoms with E-state index >= 15 is 0 Å². The molecule has 0 saturated heterocycles. The molecule has 0 fully saturated rings. The molecule has 2 aliphatic heterocycles. The molecule has 36 heavy (non-hydrogen) atoms. The third-order valence-corrected chi connectivity index (χ3v) is 8.04.